The Bertz CT molecular complexity index is 859. The van der Waals surface area contributed by atoms with E-state index in [4.69, 9.17) is 4.74 Å². The third kappa shape index (κ3) is 4.64. The van der Waals surface area contributed by atoms with Gasteiger partial charge in [-0.15, -0.1) is 24.9 Å². The van der Waals surface area contributed by atoms with Crippen LogP contribution in [0.4, 0.5) is 0 Å². The number of carbonyl (C=O) groups is 3. The number of hydrogen-bond donors (Lipinski definition) is 1. The van der Waals surface area contributed by atoms with E-state index in [1.54, 1.807) is 28.8 Å². The van der Waals surface area contributed by atoms with Gasteiger partial charge in [-0.05, 0) is 44.4 Å². The molecule has 1 spiro atoms. The Kier molecular flexibility index (Phi) is 8.87. The molecule has 0 aromatic carbocycles. The van der Waals surface area contributed by atoms with Gasteiger partial charge in [-0.3, -0.25) is 14.4 Å². The van der Waals surface area contributed by atoms with Gasteiger partial charge >= 0.3 is 5.97 Å². The predicted octanol–water partition coefficient (Wildman–Crippen LogP) is 3.56. The van der Waals surface area contributed by atoms with Crippen molar-refractivity contribution < 1.29 is 24.2 Å². The molecular formula is C28H42N2O5S. The Morgan fingerprint density at radius 1 is 1.22 bits per heavy atom. The molecule has 3 saturated heterocycles. The molecule has 1 aliphatic carbocycles. The van der Waals surface area contributed by atoms with Gasteiger partial charge in [0.05, 0.1) is 23.2 Å². The maximum absolute atomic E-state index is 14.5. The number of aliphatic hydroxyl groups is 1. The summed E-state index contributed by atoms with van der Waals surface area (Å²) in [5, 5.41) is 9.36. The summed E-state index contributed by atoms with van der Waals surface area (Å²) in [4.78, 5) is 45.5. The molecule has 3 aliphatic heterocycles. The highest BCUT2D eigenvalue weighted by molar-refractivity contribution is 8.02. The van der Waals surface area contributed by atoms with Crippen LogP contribution >= 0.6 is 11.8 Å². The topological polar surface area (TPSA) is 87.1 Å². The summed E-state index contributed by atoms with van der Waals surface area (Å²) >= 11 is 1.69. The van der Waals surface area contributed by atoms with E-state index in [0.29, 0.717) is 32.4 Å². The van der Waals surface area contributed by atoms with Crippen LogP contribution in [-0.2, 0) is 19.1 Å². The number of nitrogens with zero attached hydrogens (tertiary/aromatic N) is 2. The van der Waals surface area contributed by atoms with Crippen molar-refractivity contribution in [2.45, 2.75) is 86.8 Å². The number of amides is 2. The Morgan fingerprint density at radius 3 is 2.64 bits per heavy atom. The van der Waals surface area contributed by atoms with Crippen LogP contribution in [0.25, 0.3) is 0 Å². The second-order valence-electron chi connectivity index (χ2n) is 10.8. The van der Waals surface area contributed by atoms with Crippen LogP contribution in [0.2, 0.25) is 0 Å². The van der Waals surface area contributed by atoms with Crippen molar-refractivity contribution >= 4 is 29.5 Å². The molecule has 4 fully saturated rings. The first-order chi connectivity index (χ1) is 17.4. The zero-order valence-corrected chi connectivity index (χ0v) is 22.4. The van der Waals surface area contributed by atoms with E-state index in [1.165, 1.54) is 6.42 Å². The van der Waals surface area contributed by atoms with E-state index in [0.717, 1.165) is 32.1 Å². The van der Waals surface area contributed by atoms with Crippen molar-refractivity contribution in [2.24, 2.45) is 17.8 Å². The van der Waals surface area contributed by atoms with Gasteiger partial charge in [0, 0.05) is 31.0 Å². The van der Waals surface area contributed by atoms with Crippen molar-refractivity contribution in [3.8, 4) is 0 Å². The average Bonchev–Trinajstić information content (AvgIpc) is 3.47. The molecule has 0 aromatic rings. The number of aliphatic hydroxyl groups excluding tert-OH is 1. The lowest BCUT2D eigenvalue weighted by atomic mass is 9.66. The Balaban J connectivity index is 1.69. The number of likely N-dealkylation sites (tertiary alicyclic amines) is 1. The average molecular weight is 519 g/mol. The smallest absolute Gasteiger partial charge is 0.310 e. The SMILES string of the molecule is C=CCCOC(=O)[C@@H]1[C@H]2C(=O)N(CCCCO)C(C(=O)N(CC=C)C3CCCCC3)C23S[C@@H]1CC3C. The largest absolute Gasteiger partial charge is 0.465 e. The van der Waals surface area contributed by atoms with Crippen LogP contribution in [0.5, 0.6) is 0 Å². The van der Waals surface area contributed by atoms with Gasteiger partial charge in [-0.2, -0.15) is 0 Å². The van der Waals surface area contributed by atoms with E-state index in [-0.39, 0.29) is 48.2 Å². The van der Waals surface area contributed by atoms with Crippen LogP contribution in [0.3, 0.4) is 0 Å². The molecule has 200 valence electrons. The van der Waals surface area contributed by atoms with Gasteiger partial charge in [0.1, 0.15) is 6.04 Å². The van der Waals surface area contributed by atoms with Crippen molar-refractivity contribution in [1.29, 1.82) is 0 Å². The molecule has 6 atom stereocenters. The molecule has 2 bridgehead atoms. The highest BCUT2D eigenvalue weighted by Crippen LogP contribution is 2.68. The molecule has 0 aromatic heterocycles. The van der Waals surface area contributed by atoms with Gasteiger partial charge in [0.2, 0.25) is 11.8 Å². The van der Waals surface area contributed by atoms with Crippen molar-refractivity contribution in [2.75, 3.05) is 26.3 Å². The lowest BCUT2D eigenvalue weighted by Crippen LogP contribution is -2.59. The van der Waals surface area contributed by atoms with Gasteiger partial charge in [0.15, 0.2) is 0 Å². The highest BCUT2D eigenvalue weighted by Gasteiger charge is 2.76. The summed E-state index contributed by atoms with van der Waals surface area (Å²) in [5.74, 6) is -1.35. The Morgan fingerprint density at radius 2 is 1.97 bits per heavy atom. The number of esters is 1. The fourth-order valence-corrected chi connectivity index (χ4v) is 9.55. The first kappa shape index (κ1) is 27.2. The minimum atomic E-state index is -0.631. The van der Waals surface area contributed by atoms with E-state index in [1.807, 2.05) is 4.90 Å². The molecule has 7 nitrogen and oxygen atoms in total. The fraction of sp³-hybridized carbons (Fsp3) is 0.750. The number of carbonyl (C=O) groups excluding carboxylic acids is 3. The number of fused-ring (bicyclic) bond motifs is 1. The minimum Gasteiger partial charge on any atom is -0.465 e. The third-order valence-electron chi connectivity index (χ3n) is 8.75. The summed E-state index contributed by atoms with van der Waals surface area (Å²) in [6, 6.07) is -0.445. The molecule has 4 rings (SSSR count). The predicted molar refractivity (Wildman–Crippen MR) is 141 cm³/mol. The van der Waals surface area contributed by atoms with E-state index in [9.17, 15) is 19.5 Å². The van der Waals surface area contributed by atoms with Crippen LogP contribution in [0.15, 0.2) is 25.3 Å². The number of rotatable bonds is 12. The van der Waals surface area contributed by atoms with Crippen molar-refractivity contribution in [3.05, 3.63) is 25.3 Å². The minimum absolute atomic E-state index is 0.00215. The summed E-state index contributed by atoms with van der Waals surface area (Å²) in [5.41, 5.74) is 0. The maximum atomic E-state index is 14.5. The standard InChI is InChI=1S/C28H42N2O5S/c1-4-6-17-35-27(34)22-21-18-19(3)28(36-21)23(22)25(32)30(15-10-11-16-31)24(28)26(33)29(14-5-2)20-12-8-7-9-13-20/h4-5,19-24,31H,1-2,6-18H2,3H3/t19?,21-,22+,23+,24?,28?/m1/s1. The second kappa shape index (κ2) is 11.7. The van der Waals surface area contributed by atoms with Crippen LogP contribution < -0.4 is 0 Å². The molecule has 36 heavy (non-hydrogen) atoms. The molecule has 3 heterocycles. The number of thioether (sulfide) groups is 1. The second-order valence-corrected chi connectivity index (χ2v) is 12.4. The Hall–Kier alpha value is -1.80. The highest BCUT2D eigenvalue weighted by atomic mass is 32.2. The van der Waals surface area contributed by atoms with Gasteiger partial charge in [-0.1, -0.05) is 38.3 Å². The molecular weight excluding hydrogens is 476 g/mol. The van der Waals surface area contributed by atoms with Gasteiger partial charge in [-0.25, -0.2) is 0 Å². The summed E-state index contributed by atoms with van der Waals surface area (Å²) < 4.78 is 4.95. The lowest BCUT2D eigenvalue weighted by molar-refractivity contribution is -0.154. The van der Waals surface area contributed by atoms with E-state index >= 15 is 0 Å². The monoisotopic (exact) mass is 518 g/mol. The third-order valence-corrected chi connectivity index (χ3v) is 10.8. The maximum Gasteiger partial charge on any atom is 0.310 e. The van der Waals surface area contributed by atoms with Crippen LogP contribution in [-0.4, -0.2) is 81.1 Å². The molecule has 0 radical (unpaired) electrons. The van der Waals surface area contributed by atoms with Crippen molar-refractivity contribution in [1.82, 2.24) is 9.80 Å². The first-order valence-corrected chi connectivity index (χ1v) is 14.6. The van der Waals surface area contributed by atoms with E-state index in [2.05, 4.69) is 20.1 Å². The molecule has 1 saturated carbocycles. The molecule has 1 N–H and O–H groups in total. The van der Waals surface area contributed by atoms with Gasteiger partial charge < -0.3 is 19.6 Å². The fourth-order valence-electron chi connectivity index (χ4n) is 7.15. The zero-order valence-electron chi connectivity index (χ0n) is 21.6. The molecule has 2 amide bonds. The molecule has 8 heteroatoms. The quantitative estimate of drug-likeness (QED) is 0.242. The van der Waals surface area contributed by atoms with Crippen LogP contribution in [0, 0.1) is 17.8 Å². The van der Waals surface area contributed by atoms with E-state index < -0.39 is 22.6 Å². The molecule has 3 unspecified atom stereocenters. The van der Waals surface area contributed by atoms with Gasteiger partial charge in [0.25, 0.3) is 0 Å². The number of hydrogen-bond acceptors (Lipinski definition) is 6. The zero-order chi connectivity index (χ0) is 25.9. The summed E-state index contributed by atoms with van der Waals surface area (Å²) in [6.07, 6.45) is 11.4. The summed E-state index contributed by atoms with van der Waals surface area (Å²) in [7, 11) is 0. The Labute approximate surface area is 219 Å². The summed E-state index contributed by atoms with van der Waals surface area (Å²) in [6.45, 7) is 10.9. The van der Waals surface area contributed by atoms with Crippen molar-refractivity contribution in [3.63, 3.8) is 0 Å². The van der Waals surface area contributed by atoms with Crippen LogP contribution in [0.1, 0.15) is 64.7 Å². The first-order valence-electron chi connectivity index (χ1n) is 13.7. The molecule has 4 aliphatic rings. The lowest BCUT2D eigenvalue weighted by Gasteiger charge is -2.43. The number of unbranched alkanes of at least 4 members (excludes halogenated alkanes) is 1. The normalized spacial score (nSPS) is 33.4. The number of ether oxygens (including phenoxy) is 1.